The lowest BCUT2D eigenvalue weighted by Gasteiger charge is -2.10. The number of amides is 1. The predicted octanol–water partition coefficient (Wildman–Crippen LogP) is 4.88. The lowest BCUT2D eigenvalue weighted by atomic mass is 10.1. The molecule has 29 heavy (non-hydrogen) atoms. The molecule has 6 nitrogen and oxygen atoms in total. The zero-order valence-electron chi connectivity index (χ0n) is 15.3. The molecule has 0 saturated carbocycles. The van der Waals surface area contributed by atoms with Crippen LogP contribution in [0.5, 0.6) is 11.5 Å². The lowest BCUT2D eigenvalue weighted by Crippen LogP contribution is -2.20. The van der Waals surface area contributed by atoms with E-state index in [2.05, 4.69) is 10.3 Å². The highest BCUT2D eigenvalue weighted by atomic mass is 35.5. The smallest absolute Gasteiger partial charge is 0.264 e. The number of hydrogen-bond acceptors (Lipinski definition) is 6. The van der Waals surface area contributed by atoms with Gasteiger partial charge >= 0.3 is 0 Å². The zero-order valence-corrected chi connectivity index (χ0v) is 17.6. The van der Waals surface area contributed by atoms with Gasteiger partial charge in [-0.05, 0) is 42.0 Å². The fourth-order valence-electron chi connectivity index (χ4n) is 2.49. The normalized spacial score (nSPS) is 10.4. The second kappa shape index (κ2) is 9.73. The van der Waals surface area contributed by atoms with Gasteiger partial charge in [0.2, 0.25) is 0 Å². The Morgan fingerprint density at radius 2 is 2.03 bits per heavy atom. The van der Waals surface area contributed by atoms with Gasteiger partial charge in [0, 0.05) is 33.1 Å². The van der Waals surface area contributed by atoms with E-state index in [1.165, 1.54) is 24.5 Å². The molecule has 3 aromatic rings. The first-order chi connectivity index (χ1) is 14.0. The van der Waals surface area contributed by atoms with Crippen molar-refractivity contribution >= 4 is 51.9 Å². The highest BCUT2D eigenvalue weighted by molar-refractivity contribution is 7.15. The molecule has 0 unspecified atom stereocenters. The van der Waals surface area contributed by atoms with Crippen LogP contribution in [-0.4, -0.2) is 30.9 Å². The molecule has 0 saturated heterocycles. The fraction of sp³-hybridized carbons (Fsp3) is 0.150. The van der Waals surface area contributed by atoms with Crippen molar-refractivity contribution in [3.05, 3.63) is 68.6 Å². The Morgan fingerprint density at radius 1 is 1.21 bits per heavy atom. The number of methoxy groups -OCH3 is 1. The van der Waals surface area contributed by atoms with E-state index in [4.69, 9.17) is 32.7 Å². The second-order valence-corrected chi connectivity index (χ2v) is 7.87. The Morgan fingerprint density at radius 3 is 2.79 bits per heavy atom. The quantitative estimate of drug-likeness (QED) is 0.494. The SMILES string of the molecule is COc1ccc(C=O)cc1OCC(=O)Nc1ncc(Cc2cc(Cl)ccc2Cl)s1. The van der Waals surface area contributed by atoms with Gasteiger partial charge in [-0.25, -0.2) is 4.98 Å². The van der Waals surface area contributed by atoms with E-state index in [0.29, 0.717) is 44.9 Å². The Hall–Kier alpha value is -2.61. The van der Waals surface area contributed by atoms with E-state index in [9.17, 15) is 9.59 Å². The number of hydrogen-bond donors (Lipinski definition) is 1. The minimum atomic E-state index is -0.384. The van der Waals surface area contributed by atoms with Crippen molar-refractivity contribution in [2.45, 2.75) is 6.42 Å². The number of carbonyl (C=O) groups excluding carboxylic acids is 2. The standard InChI is InChI=1S/C20H16Cl2N2O4S/c1-27-17-5-2-12(10-25)6-18(17)28-11-19(26)24-20-23-9-15(29-20)8-13-7-14(21)3-4-16(13)22/h2-7,9-10H,8,11H2,1H3,(H,23,24,26). The van der Waals surface area contributed by atoms with Crippen LogP contribution >= 0.6 is 34.5 Å². The maximum absolute atomic E-state index is 12.2. The molecule has 150 valence electrons. The molecule has 0 spiro atoms. The first kappa shape index (κ1) is 21.1. The molecular weight excluding hydrogens is 435 g/mol. The van der Waals surface area contributed by atoms with Crippen LogP contribution in [0.1, 0.15) is 20.8 Å². The number of nitrogens with one attached hydrogen (secondary N) is 1. The summed E-state index contributed by atoms with van der Waals surface area (Å²) in [5.74, 6) is 0.353. The Labute approximate surface area is 181 Å². The maximum atomic E-state index is 12.2. The summed E-state index contributed by atoms with van der Waals surface area (Å²) in [6, 6.07) is 9.98. The fourth-order valence-corrected chi connectivity index (χ4v) is 3.72. The van der Waals surface area contributed by atoms with Crippen LogP contribution in [0.4, 0.5) is 5.13 Å². The minimum Gasteiger partial charge on any atom is -0.493 e. The van der Waals surface area contributed by atoms with Crippen molar-refractivity contribution in [2.24, 2.45) is 0 Å². The van der Waals surface area contributed by atoms with Crippen molar-refractivity contribution < 1.29 is 19.1 Å². The molecule has 9 heteroatoms. The molecule has 0 atom stereocenters. The number of aldehydes is 1. The van der Waals surface area contributed by atoms with Gasteiger partial charge in [-0.15, -0.1) is 11.3 Å². The monoisotopic (exact) mass is 450 g/mol. The number of aromatic nitrogens is 1. The van der Waals surface area contributed by atoms with Crippen molar-refractivity contribution in [1.29, 1.82) is 0 Å². The molecule has 0 aliphatic carbocycles. The van der Waals surface area contributed by atoms with E-state index in [1.807, 2.05) is 0 Å². The van der Waals surface area contributed by atoms with Crippen LogP contribution in [0.15, 0.2) is 42.6 Å². The molecule has 1 amide bonds. The van der Waals surface area contributed by atoms with Gasteiger partial charge in [0.05, 0.1) is 7.11 Å². The average molecular weight is 451 g/mol. The number of carbonyl (C=O) groups is 2. The summed E-state index contributed by atoms with van der Waals surface area (Å²) >= 11 is 13.5. The largest absolute Gasteiger partial charge is 0.493 e. The molecule has 0 fully saturated rings. The highest BCUT2D eigenvalue weighted by Gasteiger charge is 2.12. The molecule has 0 aliphatic rings. The van der Waals surface area contributed by atoms with E-state index < -0.39 is 0 Å². The van der Waals surface area contributed by atoms with E-state index >= 15 is 0 Å². The summed E-state index contributed by atoms with van der Waals surface area (Å²) in [6.45, 7) is -0.256. The van der Waals surface area contributed by atoms with E-state index in [-0.39, 0.29) is 12.5 Å². The van der Waals surface area contributed by atoms with Crippen molar-refractivity contribution in [1.82, 2.24) is 4.98 Å². The summed E-state index contributed by atoms with van der Waals surface area (Å²) in [6.07, 6.45) is 2.92. The van der Waals surface area contributed by atoms with Gasteiger partial charge in [0.15, 0.2) is 23.2 Å². The Kier molecular flexibility index (Phi) is 7.09. The Balaban J connectivity index is 1.59. The highest BCUT2D eigenvalue weighted by Crippen LogP contribution is 2.28. The van der Waals surface area contributed by atoms with Crippen LogP contribution in [0.3, 0.4) is 0 Å². The summed E-state index contributed by atoms with van der Waals surface area (Å²) in [4.78, 5) is 28.2. The van der Waals surface area contributed by atoms with E-state index in [0.717, 1.165) is 10.4 Å². The van der Waals surface area contributed by atoms with Crippen LogP contribution in [0.2, 0.25) is 10.0 Å². The topological polar surface area (TPSA) is 77.5 Å². The van der Waals surface area contributed by atoms with Gasteiger partial charge in [0.1, 0.15) is 6.29 Å². The summed E-state index contributed by atoms with van der Waals surface area (Å²) in [7, 11) is 1.48. The molecule has 2 aromatic carbocycles. The van der Waals surface area contributed by atoms with Gasteiger partial charge in [-0.1, -0.05) is 23.2 Å². The number of halogens is 2. The van der Waals surface area contributed by atoms with Crippen LogP contribution < -0.4 is 14.8 Å². The predicted molar refractivity (Wildman–Crippen MR) is 114 cm³/mol. The van der Waals surface area contributed by atoms with Crippen LogP contribution in [-0.2, 0) is 11.2 Å². The zero-order chi connectivity index (χ0) is 20.8. The third kappa shape index (κ3) is 5.69. The number of rotatable bonds is 8. The maximum Gasteiger partial charge on any atom is 0.264 e. The second-order valence-electron chi connectivity index (χ2n) is 5.91. The molecule has 1 heterocycles. The van der Waals surface area contributed by atoms with Gasteiger partial charge in [-0.2, -0.15) is 0 Å². The number of thiazole rings is 1. The molecule has 0 radical (unpaired) electrons. The van der Waals surface area contributed by atoms with Gasteiger partial charge in [0.25, 0.3) is 5.91 Å². The van der Waals surface area contributed by atoms with Gasteiger partial charge < -0.3 is 9.47 Å². The molecule has 1 aromatic heterocycles. The number of nitrogens with zero attached hydrogens (tertiary/aromatic N) is 1. The molecule has 0 bridgehead atoms. The number of anilines is 1. The Bertz CT molecular complexity index is 1040. The van der Waals surface area contributed by atoms with Gasteiger partial charge in [-0.3, -0.25) is 14.9 Å². The van der Waals surface area contributed by atoms with Crippen LogP contribution in [0, 0.1) is 0 Å². The summed E-state index contributed by atoms with van der Waals surface area (Å²) in [5.41, 5.74) is 1.30. The third-order valence-electron chi connectivity index (χ3n) is 3.85. The third-order valence-corrected chi connectivity index (χ3v) is 5.37. The molecule has 1 N–H and O–H groups in total. The molecular formula is C20H16Cl2N2O4S. The molecule has 3 rings (SSSR count). The van der Waals surface area contributed by atoms with Crippen molar-refractivity contribution in [3.8, 4) is 11.5 Å². The summed E-state index contributed by atoms with van der Waals surface area (Å²) in [5, 5.41) is 4.35. The number of ether oxygens (including phenoxy) is 2. The molecule has 0 aliphatic heterocycles. The minimum absolute atomic E-state index is 0.256. The lowest BCUT2D eigenvalue weighted by molar-refractivity contribution is -0.118. The first-order valence-electron chi connectivity index (χ1n) is 8.43. The van der Waals surface area contributed by atoms with Crippen molar-refractivity contribution in [3.63, 3.8) is 0 Å². The van der Waals surface area contributed by atoms with Crippen LogP contribution in [0.25, 0.3) is 0 Å². The number of benzene rings is 2. The first-order valence-corrected chi connectivity index (χ1v) is 10.00. The summed E-state index contributed by atoms with van der Waals surface area (Å²) < 4.78 is 10.7. The average Bonchev–Trinajstić information content (AvgIpc) is 3.15. The van der Waals surface area contributed by atoms with Crippen molar-refractivity contribution in [2.75, 3.05) is 19.0 Å². The van der Waals surface area contributed by atoms with E-state index in [1.54, 1.807) is 36.5 Å².